The Morgan fingerprint density at radius 2 is 1.83 bits per heavy atom. The first-order chi connectivity index (χ1) is 14.1. The van der Waals surface area contributed by atoms with E-state index in [9.17, 15) is 9.59 Å². The topological polar surface area (TPSA) is 90.4 Å². The molecule has 2 aromatic heterocycles. The largest absolute Gasteiger partial charge is 0.449 e. The van der Waals surface area contributed by atoms with Gasteiger partial charge in [0.2, 0.25) is 5.88 Å². The van der Waals surface area contributed by atoms with E-state index in [1.165, 1.54) is 30.9 Å². The second-order valence-electron chi connectivity index (χ2n) is 6.23. The SMILES string of the molecule is CCc1ccc(NC(=O)C(C)OC(=O)c2cccnc2Oc2cccnc2)cc1. The summed E-state index contributed by atoms with van der Waals surface area (Å²) in [5.74, 6) is -0.628. The number of ether oxygens (including phenoxy) is 2. The summed E-state index contributed by atoms with van der Waals surface area (Å²) in [6.07, 6.45) is 4.52. The van der Waals surface area contributed by atoms with Crippen LogP contribution in [0.15, 0.2) is 67.1 Å². The van der Waals surface area contributed by atoms with Crippen LogP contribution in [-0.2, 0) is 16.0 Å². The fraction of sp³-hybridized carbons (Fsp3) is 0.182. The maximum Gasteiger partial charge on any atom is 0.344 e. The van der Waals surface area contributed by atoms with E-state index in [2.05, 4.69) is 22.2 Å². The highest BCUT2D eigenvalue weighted by atomic mass is 16.6. The van der Waals surface area contributed by atoms with Gasteiger partial charge >= 0.3 is 5.97 Å². The number of amides is 1. The van der Waals surface area contributed by atoms with Gasteiger partial charge in [0.05, 0.1) is 6.20 Å². The molecule has 7 nitrogen and oxygen atoms in total. The zero-order valence-electron chi connectivity index (χ0n) is 16.2. The van der Waals surface area contributed by atoms with Crippen LogP contribution < -0.4 is 10.1 Å². The summed E-state index contributed by atoms with van der Waals surface area (Å²) in [5, 5.41) is 2.73. The summed E-state index contributed by atoms with van der Waals surface area (Å²) in [6, 6.07) is 14.0. The molecule has 1 aromatic carbocycles. The third kappa shape index (κ3) is 5.38. The molecule has 1 amide bonds. The molecule has 0 aliphatic carbocycles. The average Bonchev–Trinajstić information content (AvgIpc) is 2.75. The van der Waals surface area contributed by atoms with E-state index < -0.39 is 18.0 Å². The maximum absolute atomic E-state index is 12.6. The normalized spacial score (nSPS) is 11.4. The standard InChI is InChI=1S/C22H21N3O4/c1-3-16-8-10-17(11-9-16)25-20(26)15(2)28-22(27)19-7-5-13-24-21(19)29-18-6-4-12-23-14-18/h4-15H,3H2,1-2H3,(H,25,26). The predicted octanol–water partition coefficient (Wildman–Crippen LogP) is 4.02. The van der Waals surface area contributed by atoms with E-state index >= 15 is 0 Å². The van der Waals surface area contributed by atoms with Crippen LogP contribution in [0.25, 0.3) is 0 Å². The number of aryl methyl sites for hydroxylation is 1. The second kappa shape index (κ2) is 9.45. The van der Waals surface area contributed by atoms with Crippen molar-refractivity contribution in [3.63, 3.8) is 0 Å². The highest BCUT2D eigenvalue weighted by molar-refractivity contribution is 5.98. The number of hydrogen-bond donors (Lipinski definition) is 1. The Bertz CT molecular complexity index is 975. The molecule has 148 valence electrons. The van der Waals surface area contributed by atoms with Crippen LogP contribution in [0.2, 0.25) is 0 Å². The second-order valence-corrected chi connectivity index (χ2v) is 6.23. The van der Waals surface area contributed by atoms with Crippen molar-refractivity contribution in [2.24, 2.45) is 0 Å². The predicted molar refractivity (Wildman–Crippen MR) is 108 cm³/mol. The van der Waals surface area contributed by atoms with Gasteiger partial charge in [-0.05, 0) is 55.3 Å². The van der Waals surface area contributed by atoms with Crippen molar-refractivity contribution >= 4 is 17.6 Å². The molecule has 0 radical (unpaired) electrons. The molecule has 0 bridgehead atoms. The average molecular weight is 391 g/mol. The van der Waals surface area contributed by atoms with Crippen molar-refractivity contribution < 1.29 is 19.1 Å². The minimum atomic E-state index is -1.00. The number of carbonyl (C=O) groups is 2. The first kappa shape index (κ1) is 20.0. The van der Waals surface area contributed by atoms with Crippen molar-refractivity contribution in [3.8, 4) is 11.6 Å². The number of esters is 1. The number of nitrogens with zero attached hydrogens (tertiary/aromatic N) is 2. The van der Waals surface area contributed by atoms with Crippen LogP contribution >= 0.6 is 0 Å². The molecule has 1 N–H and O–H groups in total. The molecule has 29 heavy (non-hydrogen) atoms. The number of aromatic nitrogens is 2. The first-order valence-corrected chi connectivity index (χ1v) is 9.20. The number of hydrogen-bond acceptors (Lipinski definition) is 6. The third-order valence-electron chi connectivity index (χ3n) is 4.12. The van der Waals surface area contributed by atoms with E-state index in [1.54, 1.807) is 24.4 Å². The number of anilines is 1. The van der Waals surface area contributed by atoms with Gasteiger partial charge in [0.25, 0.3) is 5.91 Å². The van der Waals surface area contributed by atoms with Crippen LogP contribution in [0.3, 0.4) is 0 Å². The van der Waals surface area contributed by atoms with Gasteiger partial charge in [-0.1, -0.05) is 19.1 Å². The Hall–Kier alpha value is -3.74. The molecular weight excluding hydrogens is 370 g/mol. The van der Waals surface area contributed by atoms with Gasteiger partial charge in [-0.25, -0.2) is 9.78 Å². The van der Waals surface area contributed by atoms with Gasteiger partial charge < -0.3 is 14.8 Å². The zero-order chi connectivity index (χ0) is 20.6. The summed E-state index contributed by atoms with van der Waals surface area (Å²) in [5.41, 5.74) is 1.92. The van der Waals surface area contributed by atoms with Gasteiger partial charge in [-0.2, -0.15) is 0 Å². The lowest BCUT2D eigenvalue weighted by Gasteiger charge is -2.15. The molecule has 1 unspecified atom stereocenters. The minimum absolute atomic E-state index is 0.0771. The molecule has 0 saturated carbocycles. The van der Waals surface area contributed by atoms with E-state index in [-0.39, 0.29) is 11.4 Å². The molecule has 7 heteroatoms. The first-order valence-electron chi connectivity index (χ1n) is 9.20. The van der Waals surface area contributed by atoms with Crippen LogP contribution in [0.1, 0.15) is 29.8 Å². The summed E-state index contributed by atoms with van der Waals surface area (Å²) < 4.78 is 10.9. The Balaban J connectivity index is 1.65. The summed E-state index contributed by atoms with van der Waals surface area (Å²) in [7, 11) is 0. The molecule has 0 aliphatic heterocycles. The summed E-state index contributed by atoms with van der Waals surface area (Å²) >= 11 is 0. The van der Waals surface area contributed by atoms with Gasteiger partial charge in [0.15, 0.2) is 6.10 Å². The fourth-order valence-electron chi connectivity index (χ4n) is 2.49. The van der Waals surface area contributed by atoms with Crippen LogP contribution in [0.4, 0.5) is 5.69 Å². The number of benzene rings is 1. The molecule has 3 aromatic rings. The summed E-state index contributed by atoms with van der Waals surface area (Å²) in [4.78, 5) is 33.0. The molecule has 0 spiro atoms. The van der Waals surface area contributed by atoms with E-state index in [4.69, 9.17) is 9.47 Å². The van der Waals surface area contributed by atoms with Crippen LogP contribution in [0.5, 0.6) is 11.6 Å². The highest BCUT2D eigenvalue weighted by Gasteiger charge is 2.22. The third-order valence-corrected chi connectivity index (χ3v) is 4.12. The number of nitrogens with one attached hydrogen (secondary N) is 1. The zero-order valence-corrected chi connectivity index (χ0v) is 16.2. The van der Waals surface area contributed by atoms with Crippen molar-refractivity contribution in [2.45, 2.75) is 26.4 Å². The molecule has 0 saturated heterocycles. The van der Waals surface area contributed by atoms with E-state index in [1.807, 2.05) is 24.3 Å². The molecule has 1 atom stereocenters. The molecule has 2 heterocycles. The van der Waals surface area contributed by atoms with Gasteiger partial charge in [0, 0.05) is 18.1 Å². The molecular formula is C22H21N3O4. The van der Waals surface area contributed by atoms with Crippen molar-refractivity contribution in [1.29, 1.82) is 0 Å². The minimum Gasteiger partial charge on any atom is -0.449 e. The Kier molecular flexibility index (Phi) is 6.52. The van der Waals surface area contributed by atoms with E-state index in [0.717, 1.165) is 6.42 Å². The Labute approximate surface area is 168 Å². The smallest absolute Gasteiger partial charge is 0.344 e. The highest BCUT2D eigenvalue weighted by Crippen LogP contribution is 2.23. The van der Waals surface area contributed by atoms with Gasteiger partial charge in [0.1, 0.15) is 11.3 Å². The summed E-state index contributed by atoms with van der Waals surface area (Å²) in [6.45, 7) is 3.56. The lowest BCUT2D eigenvalue weighted by atomic mass is 10.1. The van der Waals surface area contributed by atoms with Gasteiger partial charge in [-0.15, -0.1) is 0 Å². The monoisotopic (exact) mass is 391 g/mol. The molecule has 0 aliphatic rings. The number of rotatable bonds is 7. The van der Waals surface area contributed by atoms with Crippen molar-refractivity contribution in [3.05, 3.63) is 78.2 Å². The number of pyridine rings is 2. The fourth-order valence-corrected chi connectivity index (χ4v) is 2.49. The van der Waals surface area contributed by atoms with Crippen molar-refractivity contribution in [2.75, 3.05) is 5.32 Å². The molecule has 3 rings (SSSR count). The maximum atomic E-state index is 12.6. The van der Waals surface area contributed by atoms with E-state index in [0.29, 0.717) is 11.4 Å². The van der Waals surface area contributed by atoms with Crippen LogP contribution in [-0.4, -0.2) is 27.9 Å². The van der Waals surface area contributed by atoms with Crippen molar-refractivity contribution in [1.82, 2.24) is 9.97 Å². The lowest BCUT2D eigenvalue weighted by molar-refractivity contribution is -0.123. The lowest BCUT2D eigenvalue weighted by Crippen LogP contribution is -2.30. The Morgan fingerprint density at radius 1 is 1.07 bits per heavy atom. The quantitative estimate of drug-likeness (QED) is 0.612. The molecule has 0 fully saturated rings. The Morgan fingerprint density at radius 3 is 2.52 bits per heavy atom. The van der Waals surface area contributed by atoms with Gasteiger partial charge in [-0.3, -0.25) is 9.78 Å². The number of carbonyl (C=O) groups excluding carboxylic acids is 2. The van der Waals surface area contributed by atoms with Crippen LogP contribution in [0, 0.1) is 0 Å².